The lowest BCUT2D eigenvalue weighted by Gasteiger charge is -2.27. The SMILES string of the molecule is Cc1ccccc1CN(C(=O)[C@H]1CCCO1)c1ccccc1C. The quantitative estimate of drug-likeness (QED) is 0.854. The molecule has 0 aliphatic carbocycles. The van der Waals surface area contributed by atoms with Gasteiger partial charge in [-0.15, -0.1) is 0 Å². The molecule has 23 heavy (non-hydrogen) atoms. The highest BCUT2D eigenvalue weighted by Gasteiger charge is 2.30. The van der Waals surface area contributed by atoms with Gasteiger partial charge in [0, 0.05) is 12.3 Å². The molecule has 2 aromatic carbocycles. The summed E-state index contributed by atoms with van der Waals surface area (Å²) in [6.07, 6.45) is 1.47. The van der Waals surface area contributed by atoms with Crippen LogP contribution in [-0.4, -0.2) is 18.6 Å². The third-order valence-electron chi connectivity index (χ3n) is 4.47. The van der Waals surface area contributed by atoms with Crippen LogP contribution >= 0.6 is 0 Å². The van der Waals surface area contributed by atoms with Gasteiger partial charge in [0.2, 0.25) is 0 Å². The molecule has 120 valence electrons. The number of anilines is 1. The van der Waals surface area contributed by atoms with E-state index in [0.717, 1.165) is 24.1 Å². The van der Waals surface area contributed by atoms with Crippen molar-refractivity contribution in [3.8, 4) is 0 Å². The molecule has 1 amide bonds. The second-order valence-corrected chi connectivity index (χ2v) is 6.14. The minimum absolute atomic E-state index is 0.0695. The van der Waals surface area contributed by atoms with Crippen LogP contribution in [0.1, 0.15) is 29.5 Å². The van der Waals surface area contributed by atoms with Gasteiger partial charge in [-0.2, -0.15) is 0 Å². The van der Waals surface area contributed by atoms with Gasteiger partial charge < -0.3 is 9.64 Å². The van der Waals surface area contributed by atoms with E-state index < -0.39 is 0 Å². The first kappa shape index (κ1) is 15.8. The topological polar surface area (TPSA) is 29.5 Å². The molecule has 1 atom stereocenters. The van der Waals surface area contributed by atoms with E-state index in [1.807, 2.05) is 48.2 Å². The normalized spacial score (nSPS) is 17.2. The number of hydrogen-bond acceptors (Lipinski definition) is 2. The molecule has 1 heterocycles. The number of hydrogen-bond donors (Lipinski definition) is 0. The highest BCUT2D eigenvalue weighted by Crippen LogP contribution is 2.26. The average molecular weight is 309 g/mol. The zero-order valence-electron chi connectivity index (χ0n) is 13.8. The highest BCUT2D eigenvalue weighted by atomic mass is 16.5. The lowest BCUT2D eigenvalue weighted by atomic mass is 10.1. The van der Waals surface area contributed by atoms with Crippen LogP contribution in [0.3, 0.4) is 0 Å². The molecule has 3 nitrogen and oxygen atoms in total. The molecule has 0 bridgehead atoms. The molecule has 0 N–H and O–H groups in total. The van der Waals surface area contributed by atoms with Gasteiger partial charge in [0.1, 0.15) is 6.10 Å². The largest absolute Gasteiger partial charge is 0.368 e. The van der Waals surface area contributed by atoms with E-state index in [9.17, 15) is 4.79 Å². The van der Waals surface area contributed by atoms with Crippen LogP contribution in [-0.2, 0) is 16.1 Å². The smallest absolute Gasteiger partial charge is 0.256 e. The number of nitrogens with zero attached hydrogens (tertiary/aromatic N) is 1. The Kier molecular flexibility index (Phi) is 4.77. The molecule has 3 heteroatoms. The Balaban J connectivity index is 1.94. The van der Waals surface area contributed by atoms with Gasteiger partial charge in [-0.05, 0) is 49.4 Å². The van der Waals surface area contributed by atoms with Crippen LogP contribution in [0.4, 0.5) is 5.69 Å². The van der Waals surface area contributed by atoms with Crippen molar-refractivity contribution < 1.29 is 9.53 Å². The molecule has 1 aliphatic heterocycles. The van der Waals surface area contributed by atoms with Crippen molar-refractivity contribution in [1.29, 1.82) is 0 Å². The Labute approximate surface area is 137 Å². The maximum Gasteiger partial charge on any atom is 0.256 e. The zero-order chi connectivity index (χ0) is 16.2. The maximum atomic E-state index is 13.0. The number of carbonyl (C=O) groups excluding carboxylic acids is 1. The van der Waals surface area contributed by atoms with Crippen molar-refractivity contribution in [2.45, 2.75) is 39.3 Å². The Morgan fingerprint density at radius 1 is 1.09 bits per heavy atom. The molecular formula is C20H23NO2. The third kappa shape index (κ3) is 3.45. The van der Waals surface area contributed by atoms with Gasteiger partial charge in [0.15, 0.2) is 0 Å². The van der Waals surface area contributed by atoms with E-state index in [2.05, 4.69) is 19.1 Å². The second-order valence-electron chi connectivity index (χ2n) is 6.14. The van der Waals surface area contributed by atoms with Crippen molar-refractivity contribution in [2.75, 3.05) is 11.5 Å². The number of carbonyl (C=O) groups is 1. The van der Waals surface area contributed by atoms with Gasteiger partial charge in [-0.25, -0.2) is 0 Å². The molecule has 1 fully saturated rings. The third-order valence-corrected chi connectivity index (χ3v) is 4.47. The predicted octanol–water partition coefficient (Wildman–Crippen LogP) is 4.02. The fourth-order valence-corrected chi connectivity index (χ4v) is 3.05. The Bertz CT molecular complexity index is 690. The summed E-state index contributed by atoms with van der Waals surface area (Å²) in [6, 6.07) is 16.3. The lowest BCUT2D eigenvalue weighted by molar-refractivity contribution is -0.127. The van der Waals surface area contributed by atoms with Crippen LogP contribution in [0.2, 0.25) is 0 Å². The highest BCUT2D eigenvalue weighted by molar-refractivity contribution is 5.97. The Morgan fingerprint density at radius 2 is 1.78 bits per heavy atom. The van der Waals surface area contributed by atoms with Crippen LogP contribution in [0.5, 0.6) is 0 Å². The molecule has 0 spiro atoms. The van der Waals surface area contributed by atoms with E-state index in [1.165, 1.54) is 11.1 Å². The number of para-hydroxylation sites is 1. The summed E-state index contributed by atoms with van der Waals surface area (Å²) in [5, 5.41) is 0. The van der Waals surface area contributed by atoms with E-state index in [-0.39, 0.29) is 12.0 Å². The average Bonchev–Trinajstić information content (AvgIpc) is 3.09. The van der Waals surface area contributed by atoms with Crippen molar-refractivity contribution in [2.24, 2.45) is 0 Å². The maximum absolute atomic E-state index is 13.0. The second kappa shape index (κ2) is 6.97. The first-order chi connectivity index (χ1) is 11.2. The number of benzene rings is 2. The molecule has 1 saturated heterocycles. The number of ether oxygens (including phenoxy) is 1. The van der Waals surface area contributed by atoms with Gasteiger partial charge in [0.25, 0.3) is 5.91 Å². The molecule has 3 rings (SSSR count). The summed E-state index contributed by atoms with van der Waals surface area (Å²) in [5.41, 5.74) is 4.44. The number of aryl methyl sites for hydroxylation is 2. The molecule has 0 saturated carbocycles. The fourth-order valence-electron chi connectivity index (χ4n) is 3.05. The van der Waals surface area contributed by atoms with Crippen molar-refractivity contribution in [3.63, 3.8) is 0 Å². The summed E-state index contributed by atoms with van der Waals surface area (Å²) in [5.74, 6) is 0.0695. The first-order valence-electron chi connectivity index (χ1n) is 8.20. The van der Waals surface area contributed by atoms with Gasteiger partial charge in [-0.3, -0.25) is 4.79 Å². The first-order valence-corrected chi connectivity index (χ1v) is 8.20. The van der Waals surface area contributed by atoms with E-state index >= 15 is 0 Å². The van der Waals surface area contributed by atoms with Crippen LogP contribution < -0.4 is 4.90 Å². The summed E-state index contributed by atoms with van der Waals surface area (Å²) >= 11 is 0. The summed E-state index contributed by atoms with van der Waals surface area (Å²) in [7, 11) is 0. The summed E-state index contributed by atoms with van der Waals surface area (Å²) in [4.78, 5) is 14.9. The van der Waals surface area contributed by atoms with Crippen molar-refractivity contribution in [1.82, 2.24) is 0 Å². The predicted molar refractivity (Wildman–Crippen MR) is 92.5 cm³/mol. The number of rotatable bonds is 4. The molecule has 0 radical (unpaired) electrons. The summed E-state index contributed by atoms with van der Waals surface area (Å²) < 4.78 is 5.63. The molecule has 2 aromatic rings. The van der Waals surface area contributed by atoms with Gasteiger partial charge in [0.05, 0.1) is 6.54 Å². The zero-order valence-corrected chi connectivity index (χ0v) is 13.8. The molecule has 0 unspecified atom stereocenters. The standard InChI is InChI=1S/C20H23NO2/c1-15-8-3-5-10-17(15)14-21(18-11-6-4-9-16(18)2)20(22)19-12-7-13-23-19/h3-6,8-11,19H,7,12-14H2,1-2H3/t19-/m1/s1. The Hall–Kier alpha value is -2.13. The van der Waals surface area contributed by atoms with Crippen LogP contribution in [0.15, 0.2) is 48.5 Å². The van der Waals surface area contributed by atoms with E-state index in [4.69, 9.17) is 4.74 Å². The van der Waals surface area contributed by atoms with Gasteiger partial charge in [-0.1, -0.05) is 42.5 Å². The fraction of sp³-hybridized carbons (Fsp3) is 0.350. The van der Waals surface area contributed by atoms with Crippen molar-refractivity contribution >= 4 is 11.6 Å². The van der Waals surface area contributed by atoms with E-state index in [1.54, 1.807) is 0 Å². The number of amides is 1. The van der Waals surface area contributed by atoms with Gasteiger partial charge >= 0.3 is 0 Å². The monoisotopic (exact) mass is 309 g/mol. The lowest BCUT2D eigenvalue weighted by Crippen LogP contribution is -2.39. The Morgan fingerprint density at radius 3 is 2.43 bits per heavy atom. The van der Waals surface area contributed by atoms with Crippen LogP contribution in [0.25, 0.3) is 0 Å². The van der Waals surface area contributed by atoms with Crippen LogP contribution in [0, 0.1) is 13.8 Å². The van der Waals surface area contributed by atoms with Crippen molar-refractivity contribution in [3.05, 3.63) is 65.2 Å². The molecular weight excluding hydrogens is 286 g/mol. The van der Waals surface area contributed by atoms with E-state index in [0.29, 0.717) is 13.2 Å². The minimum atomic E-state index is -0.307. The molecule has 1 aliphatic rings. The summed E-state index contributed by atoms with van der Waals surface area (Å²) in [6.45, 7) is 5.39. The minimum Gasteiger partial charge on any atom is -0.368 e. The molecule has 0 aromatic heterocycles.